The minimum Gasteiger partial charge on any atom is -0.466 e. The molecule has 0 amide bonds. The molecule has 0 radical (unpaired) electrons. The monoisotopic (exact) mass is 404 g/mol. The Balaban J connectivity index is 4.40. The Labute approximate surface area is 154 Å². The number of unbranched alkanes of at least 4 members (excludes halogenated alkanes) is 2. The van der Waals surface area contributed by atoms with Gasteiger partial charge in [-0.1, -0.05) is 33.1 Å². The number of rotatable bonds is 13. The zero-order chi connectivity index (χ0) is 17.7. The average Bonchev–Trinajstić information content (AvgIpc) is 2.45. The van der Waals surface area contributed by atoms with Crippen molar-refractivity contribution in [2.24, 2.45) is 5.92 Å². The van der Waals surface area contributed by atoms with Gasteiger partial charge in [-0.05, 0) is 25.3 Å². The van der Waals surface area contributed by atoms with E-state index in [0.29, 0.717) is 32.1 Å². The molecule has 0 saturated carbocycles. The fourth-order valence-corrected chi connectivity index (χ4v) is 3.69. The van der Waals surface area contributed by atoms with Crippen LogP contribution in [0.4, 0.5) is 0 Å². The van der Waals surface area contributed by atoms with Gasteiger partial charge in [-0.2, -0.15) is 0 Å². The molecule has 0 aromatic heterocycles. The van der Waals surface area contributed by atoms with Gasteiger partial charge in [-0.3, -0.25) is 9.59 Å². The number of esters is 2. The van der Waals surface area contributed by atoms with Gasteiger partial charge in [0.05, 0.1) is 25.6 Å². The number of carbonyl (C=O) groups excluding carboxylic acids is 2. The molecule has 4 nitrogen and oxygen atoms in total. The van der Waals surface area contributed by atoms with E-state index in [9.17, 15) is 9.59 Å². The van der Waals surface area contributed by atoms with Crippen LogP contribution in [0.2, 0.25) is 6.04 Å². The second kappa shape index (κ2) is 13.3. The van der Waals surface area contributed by atoms with Crippen LogP contribution in [-0.2, 0) is 19.1 Å². The van der Waals surface area contributed by atoms with Gasteiger partial charge in [-0.15, -0.1) is 33.2 Å². The second-order valence-electron chi connectivity index (χ2n) is 5.50. The molecule has 0 fully saturated rings. The van der Waals surface area contributed by atoms with Gasteiger partial charge >= 0.3 is 17.9 Å². The fraction of sp³-hybridized carbons (Fsp3) is 0.867. The third-order valence-corrected chi connectivity index (χ3v) is 5.88. The van der Waals surface area contributed by atoms with Crippen molar-refractivity contribution in [2.45, 2.75) is 64.8 Å². The molecule has 136 valence electrons. The Morgan fingerprint density at radius 1 is 0.957 bits per heavy atom. The van der Waals surface area contributed by atoms with Gasteiger partial charge in [0.1, 0.15) is 0 Å². The molecule has 0 saturated heterocycles. The summed E-state index contributed by atoms with van der Waals surface area (Å²) in [6.45, 7) is 4.79. The molecule has 0 heterocycles. The Kier molecular flexibility index (Phi) is 13.3. The molecule has 1 unspecified atom stereocenters. The van der Waals surface area contributed by atoms with Crippen molar-refractivity contribution in [2.75, 3.05) is 13.2 Å². The van der Waals surface area contributed by atoms with Crippen LogP contribution in [0.1, 0.15) is 58.8 Å². The standard InChI is InChI=1S/C15H27Cl3O4Si/c1-3-5-9-21-14(19)12-13(8-7-11-23(16,17)18)15(20)22-10-6-4-2/h13H,3-12H2,1-2H3. The summed E-state index contributed by atoms with van der Waals surface area (Å²) in [6, 6.07) is -2.25. The van der Waals surface area contributed by atoms with Crippen molar-refractivity contribution in [3.63, 3.8) is 0 Å². The minimum atomic E-state index is -2.71. The predicted molar refractivity (Wildman–Crippen MR) is 97.2 cm³/mol. The topological polar surface area (TPSA) is 52.6 Å². The van der Waals surface area contributed by atoms with Crippen LogP contribution in [0.3, 0.4) is 0 Å². The van der Waals surface area contributed by atoms with Crippen LogP contribution in [0.25, 0.3) is 0 Å². The highest BCUT2D eigenvalue weighted by Gasteiger charge is 2.28. The molecule has 23 heavy (non-hydrogen) atoms. The molecular weight excluding hydrogens is 379 g/mol. The largest absolute Gasteiger partial charge is 0.466 e. The van der Waals surface area contributed by atoms with E-state index in [1.54, 1.807) is 0 Å². The van der Waals surface area contributed by atoms with Crippen molar-refractivity contribution in [1.82, 2.24) is 0 Å². The molecule has 0 N–H and O–H groups in total. The molecule has 0 bridgehead atoms. The number of ether oxygens (including phenoxy) is 2. The van der Waals surface area contributed by atoms with E-state index in [-0.39, 0.29) is 18.4 Å². The van der Waals surface area contributed by atoms with Crippen LogP contribution >= 0.6 is 33.2 Å². The number of hydrogen-bond donors (Lipinski definition) is 0. The summed E-state index contributed by atoms with van der Waals surface area (Å²) >= 11 is 17.6. The van der Waals surface area contributed by atoms with Gasteiger partial charge in [-0.25, -0.2) is 0 Å². The normalized spacial score (nSPS) is 12.7. The molecule has 0 aromatic carbocycles. The lowest BCUT2D eigenvalue weighted by atomic mass is 10.00. The summed E-state index contributed by atoms with van der Waals surface area (Å²) in [5.41, 5.74) is 0. The Morgan fingerprint density at radius 3 is 2.04 bits per heavy atom. The van der Waals surface area contributed by atoms with E-state index >= 15 is 0 Å². The molecule has 1 atom stereocenters. The summed E-state index contributed by atoms with van der Waals surface area (Å²) in [5.74, 6) is -1.26. The first-order valence-electron chi connectivity index (χ1n) is 8.19. The van der Waals surface area contributed by atoms with E-state index in [4.69, 9.17) is 42.7 Å². The summed E-state index contributed by atoms with van der Waals surface area (Å²) in [4.78, 5) is 23.9. The van der Waals surface area contributed by atoms with Crippen LogP contribution in [0.15, 0.2) is 0 Å². The molecule has 8 heteroatoms. The lowest BCUT2D eigenvalue weighted by molar-refractivity contribution is -0.155. The first kappa shape index (κ1) is 23.0. The highest BCUT2D eigenvalue weighted by Crippen LogP contribution is 2.29. The highest BCUT2D eigenvalue weighted by atomic mass is 35.8. The lowest BCUT2D eigenvalue weighted by Gasteiger charge is -2.16. The van der Waals surface area contributed by atoms with Gasteiger partial charge in [0, 0.05) is 0 Å². The van der Waals surface area contributed by atoms with Crippen molar-refractivity contribution in [3.05, 3.63) is 0 Å². The summed E-state index contributed by atoms with van der Waals surface area (Å²) in [6.07, 6.45) is 4.58. The Bertz CT molecular complexity index is 348. The zero-order valence-corrected chi connectivity index (χ0v) is 17.2. The maximum atomic E-state index is 12.1. The SMILES string of the molecule is CCCCOC(=O)CC(CCC[Si](Cl)(Cl)Cl)C(=O)OCCCC. The first-order valence-corrected chi connectivity index (χ1v) is 13.4. The van der Waals surface area contributed by atoms with Crippen molar-refractivity contribution < 1.29 is 19.1 Å². The maximum Gasteiger partial charge on any atom is 0.341 e. The summed E-state index contributed by atoms with van der Waals surface area (Å²) in [5, 5.41) is 0. The van der Waals surface area contributed by atoms with Gasteiger partial charge in [0.2, 0.25) is 0 Å². The Morgan fingerprint density at radius 2 is 1.52 bits per heavy atom. The maximum absolute atomic E-state index is 12.1. The molecule has 0 aromatic rings. The molecule has 0 aliphatic heterocycles. The van der Waals surface area contributed by atoms with E-state index in [2.05, 4.69) is 0 Å². The molecule has 0 aliphatic carbocycles. The van der Waals surface area contributed by atoms with E-state index in [1.165, 1.54) is 0 Å². The van der Waals surface area contributed by atoms with Crippen LogP contribution < -0.4 is 0 Å². The molecule has 0 spiro atoms. The van der Waals surface area contributed by atoms with Crippen LogP contribution in [0.5, 0.6) is 0 Å². The summed E-state index contributed by atoms with van der Waals surface area (Å²) < 4.78 is 10.3. The fourth-order valence-electron chi connectivity index (χ4n) is 1.88. The van der Waals surface area contributed by atoms with Crippen molar-refractivity contribution in [1.29, 1.82) is 0 Å². The number of halogens is 3. The number of carbonyl (C=O) groups is 2. The lowest BCUT2D eigenvalue weighted by Crippen LogP contribution is -2.23. The van der Waals surface area contributed by atoms with Crippen LogP contribution in [0, 0.1) is 5.92 Å². The molecule has 0 aliphatic rings. The van der Waals surface area contributed by atoms with E-state index in [1.807, 2.05) is 13.8 Å². The van der Waals surface area contributed by atoms with Gasteiger partial charge in [0.25, 0.3) is 0 Å². The smallest absolute Gasteiger partial charge is 0.341 e. The third kappa shape index (κ3) is 14.1. The summed E-state index contributed by atoms with van der Waals surface area (Å²) in [7, 11) is 0. The van der Waals surface area contributed by atoms with Crippen molar-refractivity contribution in [3.8, 4) is 0 Å². The van der Waals surface area contributed by atoms with E-state index < -0.39 is 11.9 Å². The van der Waals surface area contributed by atoms with E-state index in [0.717, 1.165) is 25.7 Å². The van der Waals surface area contributed by atoms with Gasteiger partial charge < -0.3 is 9.47 Å². The predicted octanol–water partition coefficient (Wildman–Crippen LogP) is 5.11. The average molecular weight is 406 g/mol. The Hall–Kier alpha value is 0.0269. The molecule has 0 rings (SSSR count). The minimum absolute atomic E-state index is 0.0239. The zero-order valence-electron chi connectivity index (χ0n) is 13.9. The third-order valence-electron chi connectivity index (χ3n) is 3.26. The van der Waals surface area contributed by atoms with Crippen molar-refractivity contribution >= 4 is 51.2 Å². The number of hydrogen-bond acceptors (Lipinski definition) is 4. The highest BCUT2D eigenvalue weighted by molar-refractivity contribution is 7.64. The second-order valence-corrected chi connectivity index (χ2v) is 14.8. The van der Waals surface area contributed by atoms with Gasteiger partial charge in [0.15, 0.2) is 0 Å². The first-order chi connectivity index (χ1) is 10.8. The molecular formula is C15H27Cl3O4Si. The van der Waals surface area contributed by atoms with Crippen LogP contribution in [-0.4, -0.2) is 31.2 Å². The quantitative estimate of drug-likeness (QED) is 0.185.